The van der Waals surface area contributed by atoms with Crippen LogP contribution < -0.4 is 10.6 Å². The van der Waals surface area contributed by atoms with E-state index in [9.17, 15) is 4.79 Å². The van der Waals surface area contributed by atoms with Crippen LogP contribution in [0.4, 0.5) is 5.69 Å². The number of carbonyl (C=O) groups is 1. The number of amides is 1. The van der Waals surface area contributed by atoms with Gasteiger partial charge in [-0.05, 0) is 54.3 Å². The molecule has 0 radical (unpaired) electrons. The number of benzene rings is 1. The van der Waals surface area contributed by atoms with Gasteiger partial charge in [-0.2, -0.15) is 0 Å². The SMILES string of the molecule is CC(C)c1ccc(NC(=O)CNCC2CC2)c(C(C)C)c1. The second kappa shape index (κ2) is 7.08. The molecule has 3 nitrogen and oxygen atoms in total. The van der Waals surface area contributed by atoms with Crippen molar-refractivity contribution in [1.29, 1.82) is 0 Å². The molecular weight excluding hydrogens is 260 g/mol. The van der Waals surface area contributed by atoms with Crippen molar-refractivity contribution in [3.63, 3.8) is 0 Å². The van der Waals surface area contributed by atoms with E-state index in [0.29, 0.717) is 18.4 Å². The number of hydrogen-bond donors (Lipinski definition) is 2. The molecule has 1 aliphatic carbocycles. The molecule has 1 saturated carbocycles. The van der Waals surface area contributed by atoms with Gasteiger partial charge in [0.1, 0.15) is 0 Å². The van der Waals surface area contributed by atoms with Gasteiger partial charge in [0.15, 0.2) is 0 Å². The van der Waals surface area contributed by atoms with Crippen molar-refractivity contribution in [3.8, 4) is 0 Å². The van der Waals surface area contributed by atoms with Crippen molar-refractivity contribution < 1.29 is 4.79 Å². The lowest BCUT2D eigenvalue weighted by atomic mass is 9.94. The summed E-state index contributed by atoms with van der Waals surface area (Å²) in [6.07, 6.45) is 2.62. The van der Waals surface area contributed by atoms with Gasteiger partial charge in [-0.15, -0.1) is 0 Å². The fourth-order valence-electron chi connectivity index (χ4n) is 2.44. The molecule has 1 aliphatic rings. The third-order valence-corrected chi connectivity index (χ3v) is 4.05. The molecule has 21 heavy (non-hydrogen) atoms. The van der Waals surface area contributed by atoms with Gasteiger partial charge in [0, 0.05) is 5.69 Å². The van der Waals surface area contributed by atoms with Crippen molar-refractivity contribution in [3.05, 3.63) is 29.3 Å². The van der Waals surface area contributed by atoms with Gasteiger partial charge in [-0.1, -0.05) is 39.8 Å². The third-order valence-electron chi connectivity index (χ3n) is 4.05. The third kappa shape index (κ3) is 4.85. The predicted molar refractivity (Wildman–Crippen MR) is 88.8 cm³/mol. The first-order valence-electron chi connectivity index (χ1n) is 8.11. The van der Waals surface area contributed by atoms with Gasteiger partial charge < -0.3 is 10.6 Å². The fraction of sp³-hybridized carbons (Fsp3) is 0.611. The Morgan fingerprint density at radius 3 is 2.48 bits per heavy atom. The fourth-order valence-corrected chi connectivity index (χ4v) is 2.44. The van der Waals surface area contributed by atoms with E-state index in [4.69, 9.17) is 0 Å². The monoisotopic (exact) mass is 288 g/mol. The van der Waals surface area contributed by atoms with Crippen molar-refractivity contribution in [2.24, 2.45) is 5.92 Å². The summed E-state index contributed by atoms with van der Waals surface area (Å²) in [6.45, 7) is 10.1. The van der Waals surface area contributed by atoms with Crippen LogP contribution >= 0.6 is 0 Å². The molecule has 0 aliphatic heterocycles. The summed E-state index contributed by atoms with van der Waals surface area (Å²) in [5.41, 5.74) is 3.49. The van der Waals surface area contributed by atoms with E-state index in [1.165, 1.54) is 24.0 Å². The molecule has 1 aromatic rings. The van der Waals surface area contributed by atoms with Crippen LogP contribution in [0.15, 0.2) is 18.2 Å². The zero-order chi connectivity index (χ0) is 15.4. The van der Waals surface area contributed by atoms with Gasteiger partial charge in [0.2, 0.25) is 5.91 Å². The van der Waals surface area contributed by atoms with Gasteiger partial charge in [0.25, 0.3) is 0 Å². The lowest BCUT2D eigenvalue weighted by Gasteiger charge is -2.17. The minimum atomic E-state index is 0.0508. The molecule has 116 valence electrons. The molecule has 2 rings (SSSR count). The van der Waals surface area contributed by atoms with E-state index in [-0.39, 0.29) is 5.91 Å². The van der Waals surface area contributed by atoms with Crippen molar-refractivity contribution in [2.75, 3.05) is 18.4 Å². The van der Waals surface area contributed by atoms with Crippen LogP contribution in [0, 0.1) is 5.92 Å². The first-order chi connectivity index (χ1) is 9.97. The Balaban J connectivity index is 1.98. The van der Waals surface area contributed by atoms with Gasteiger partial charge in [-0.3, -0.25) is 4.79 Å². The van der Waals surface area contributed by atoms with E-state index < -0.39 is 0 Å². The van der Waals surface area contributed by atoms with Crippen molar-refractivity contribution >= 4 is 11.6 Å². The summed E-state index contributed by atoms with van der Waals surface area (Å²) < 4.78 is 0. The van der Waals surface area contributed by atoms with Gasteiger partial charge in [0.05, 0.1) is 6.54 Å². The van der Waals surface area contributed by atoms with E-state index >= 15 is 0 Å². The van der Waals surface area contributed by atoms with Crippen LogP contribution in [-0.2, 0) is 4.79 Å². The quantitative estimate of drug-likeness (QED) is 0.799. The number of hydrogen-bond acceptors (Lipinski definition) is 2. The Morgan fingerprint density at radius 1 is 1.19 bits per heavy atom. The highest BCUT2D eigenvalue weighted by atomic mass is 16.1. The molecular formula is C18H28N2O. The first kappa shape index (κ1) is 16.0. The molecule has 0 bridgehead atoms. The Labute approximate surface area is 128 Å². The molecule has 0 saturated heterocycles. The van der Waals surface area contributed by atoms with Crippen LogP contribution in [0.1, 0.15) is 63.5 Å². The largest absolute Gasteiger partial charge is 0.325 e. The maximum atomic E-state index is 12.0. The Bertz CT molecular complexity index is 490. The Kier molecular flexibility index (Phi) is 5.40. The van der Waals surface area contributed by atoms with Crippen LogP contribution in [-0.4, -0.2) is 19.0 Å². The highest BCUT2D eigenvalue weighted by molar-refractivity contribution is 5.93. The summed E-state index contributed by atoms with van der Waals surface area (Å²) in [6, 6.07) is 6.38. The average Bonchev–Trinajstić information content (AvgIpc) is 3.22. The highest BCUT2D eigenvalue weighted by Crippen LogP contribution is 2.29. The smallest absolute Gasteiger partial charge is 0.238 e. The summed E-state index contributed by atoms with van der Waals surface area (Å²) in [4.78, 5) is 12.0. The zero-order valence-corrected chi connectivity index (χ0v) is 13.7. The number of rotatable bonds is 7. The lowest BCUT2D eigenvalue weighted by molar-refractivity contribution is -0.115. The van der Waals surface area contributed by atoms with E-state index in [2.05, 4.69) is 50.5 Å². The maximum Gasteiger partial charge on any atom is 0.238 e. The van der Waals surface area contributed by atoms with Gasteiger partial charge >= 0.3 is 0 Å². The normalized spacial score (nSPS) is 14.8. The summed E-state index contributed by atoms with van der Waals surface area (Å²) in [5, 5.41) is 6.28. The summed E-state index contributed by atoms with van der Waals surface area (Å²) in [5.74, 6) is 1.76. The molecule has 3 heteroatoms. The maximum absolute atomic E-state index is 12.0. The highest BCUT2D eigenvalue weighted by Gasteiger charge is 2.20. The second-order valence-corrected chi connectivity index (χ2v) is 6.78. The van der Waals surface area contributed by atoms with Gasteiger partial charge in [-0.25, -0.2) is 0 Å². The van der Waals surface area contributed by atoms with Crippen LogP contribution in [0.2, 0.25) is 0 Å². The van der Waals surface area contributed by atoms with Crippen molar-refractivity contribution in [1.82, 2.24) is 5.32 Å². The van der Waals surface area contributed by atoms with Crippen LogP contribution in [0.5, 0.6) is 0 Å². The molecule has 0 aromatic heterocycles. The zero-order valence-electron chi connectivity index (χ0n) is 13.7. The summed E-state index contributed by atoms with van der Waals surface area (Å²) >= 11 is 0. The molecule has 1 amide bonds. The Morgan fingerprint density at radius 2 is 1.90 bits per heavy atom. The number of carbonyl (C=O) groups excluding carboxylic acids is 1. The van der Waals surface area contributed by atoms with Crippen molar-refractivity contribution in [2.45, 2.75) is 52.4 Å². The number of anilines is 1. The van der Waals surface area contributed by atoms with E-state index in [1.54, 1.807) is 0 Å². The first-order valence-corrected chi connectivity index (χ1v) is 8.11. The Hall–Kier alpha value is -1.35. The van der Waals surface area contributed by atoms with E-state index in [0.717, 1.165) is 18.2 Å². The second-order valence-electron chi connectivity index (χ2n) is 6.78. The van der Waals surface area contributed by atoms with Crippen LogP contribution in [0.3, 0.4) is 0 Å². The van der Waals surface area contributed by atoms with E-state index in [1.807, 2.05) is 6.07 Å². The molecule has 1 fully saturated rings. The molecule has 0 heterocycles. The lowest BCUT2D eigenvalue weighted by Crippen LogP contribution is -2.29. The molecule has 0 atom stereocenters. The minimum Gasteiger partial charge on any atom is -0.325 e. The standard InChI is InChI=1S/C18H28N2O/c1-12(2)15-7-8-17(16(9-15)13(3)4)20-18(21)11-19-10-14-5-6-14/h7-9,12-14,19H,5-6,10-11H2,1-4H3,(H,20,21). The number of nitrogens with one attached hydrogen (secondary N) is 2. The summed E-state index contributed by atoms with van der Waals surface area (Å²) in [7, 11) is 0. The van der Waals surface area contributed by atoms with Crippen LogP contribution in [0.25, 0.3) is 0 Å². The topological polar surface area (TPSA) is 41.1 Å². The molecule has 1 aromatic carbocycles. The molecule has 0 unspecified atom stereocenters. The molecule has 0 spiro atoms. The predicted octanol–water partition coefficient (Wildman–Crippen LogP) is 3.87. The molecule has 2 N–H and O–H groups in total. The minimum absolute atomic E-state index is 0.0508. The average molecular weight is 288 g/mol.